The Balaban J connectivity index is 1.57. The molecule has 0 aliphatic carbocycles. The van der Waals surface area contributed by atoms with Gasteiger partial charge in [-0.25, -0.2) is 4.39 Å². The normalized spacial score (nSPS) is 13.3. The molecular formula is C17H19FN6O2S2. The van der Waals surface area contributed by atoms with Gasteiger partial charge in [0.25, 0.3) is 0 Å². The third kappa shape index (κ3) is 5.32. The number of thioether (sulfide) groups is 2. The standard InChI is InChI=1S/C17H19FN6O2S2/c1-2-24-13(9-14(25)20-12-6-4-3-5-11(12)18)22-23-17(24)28-10-15(26)21-16-19-7-8-27-16/h3-6H,2,7-10H2,1H3,(H,20,25)(H,19,21,26). The van der Waals surface area contributed by atoms with Crippen molar-refractivity contribution in [1.82, 2.24) is 20.1 Å². The number of rotatable bonds is 7. The second kappa shape index (κ2) is 9.69. The lowest BCUT2D eigenvalue weighted by Gasteiger charge is -2.08. The summed E-state index contributed by atoms with van der Waals surface area (Å²) in [7, 11) is 0. The molecule has 2 heterocycles. The van der Waals surface area contributed by atoms with Crippen molar-refractivity contribution in [2.45, 2.75) is 25.0 Å². The number of anilines is 1. The lowest BCUT2D eigenvalue weighted by molar-refractivity contribution is -0.117. The highest BCUT2D eigenvalue weighted by Gasteiger charge is 2.17. The first-order valence-corrected chi connectivity index (χ1v) is 10.6. The summed E-state index contributed by atoms with van der Waals surface area (Å²) in [4.78, 5) is 28.4. The number of amidine groups is 1. The lowest BCUT2D eigenvalue weighted by Crippen LogP contribution is -2.29. The average molecular weight is 423 g/mol. The molecule has 11 heteroatoms. The first-order valence-electron chi connectivity index (χ1n) is 8.63. The van der Waals surface area contributed by atoms with Crippen LogP contribution in [0.25, 0.3) is 0 Å². The van der Waals surface area contributed by atoms with Gasteiger partial charge in [-0.15, -0.1) is 10.2 Å². The number of nitrogens with zero attached hydrogens (tertiary/aromatic N) is 4. The summed E-state index contributed by atoms with van der Waals surface area (Å²) in [6, 6.07) is 5.96. The predicted molar refractivity (Wildman–Crippen MR) is 108 cm³/mol. The van der Waals surface area contributed by atoms with Crippen LogP contribution in [0.1, 0.15) is 12.7 Å². The molecule has 2 amide bonds. The van der Waals surface area contributed by atoms with Gasteiger partial charge in [-0.2, -0.15) is 0 Å². The molecule has 0 atom stereocenters. The van der Waals surface area contributed by atoms with Gasteiger partial charge in [0.1, 0.15) is 11.6 Å². The number of benzene rings is 1. The van der Waals surface area contributed by atoms with Crippen molar-refractivity contribution < 1.29 is 14.0 Å². The van der Waals surface area contributed by atoms with E-state index in [1.54, 1.807) is 16.7 Å². The van der Waals surface area contributed by atoms with E-state index in [0.29, 0.717) is 22.7 Å². The molecule has 0 bridgehead atoms. The molecule has 3 rings (SSSR count). The summed E-state index contributed by atoms with van der Waals surface area (Å²) in [5.74, 6) is 0.445. The van der Waals surface area contributed by atoms with Crippen molar-refractivity contribution in [1.29, 1.82) is 0 Å². The number of aliphatic imine (C=N–C) groups is 1. The number of halogens is 1. The lowest BCUT2D eigenvalue weighted by atomic mass is 10.3. The van der Waals surface area contributed by atoms with Gasteiger partial charge in [0, 0.05) is 12.3 Å². The number of nitrogens with one attached hydrogen (secondary N) is 2. The highest BCUT2D eigenvalue weighted by Crippen LogP contribution is 2.18. The minimum atomic E-state index is -0.500. The van der Waals surface area contributed by atoms with E-state index in [0.717, 1.165) is 12.3 Å². The van der Waals surface area contributed by atoms with Crippen molar-refractivity contribution in [3.05, 3.63) is 35.9 Å². The van der Waals surface area contributed by atoms with Crippen LogP contribution in [0.2, 0.25) is 0 Å². The van der Waals surface area contributed by atoms with Crippen molar-refractivity contribution in [3.8, 4) is 0 Å². The zero-order valence-corrected chi connectivity index (χ0v) is 16.8. The molecule has 8 nitrogen and oxygen atoms in total. The summed E-state index contributed by atoms with van der Waals surface area (Å²) in [5.41, 5.74) is 0.119. The number of hydrogen-bond donors (Lipinski definition) is 2. The van der Waals surface area contributed by atoms with Crippen LogP contribution in [0.3, 0.4) is 0 Å². The van der Waals surface area contributed by atoms with Gasteiger partial charge in [0.05, 0.1) is 24.4 Å². The van der Waals surface area contributed by atoms with E-state index >= 15 is 0 Å². The van der Waals surface area contributed by atoms with E-state index in [-0.39, 0.29) is 23.8 Å². The van der Waals surface area contributed by atoms with Crippen molar-refractivity contribution in [3.63, 3.8) is 0 Å². The topological polar surface area (TPSA) is 101 Å². The maximum Gasteiger partial charge on any atom is 0.236 e. The van der Waals surface area contributed by atoms with Gasteiger partial charge >= 0.3 is 0 Å². The Morgan fingerprint density at radius 1 is 1.25 bits per heavy atom. The summed E-state index contributed by atoms with van der Waals surface area (Å²) in [5, 5.41) is 14.6. The third-order valence-corrected chi connectivity index (χ3v) is 5.60. The molecule has 1 aromatic heterocycles. The van der Waals surface area contributed by atoms with E-state index in [1.165, 1.54) is 35.7 Å². The maximum absolute atomic E-state index is 13.7. The van der Waals surface area contributed by atoms with Gasteiger partial charge in [-0.05, 0) is 19.1 Å². The molecular weight excluding hydrogens is 403 g/mol. The fourth-order valence-corrected chi connectivity index (χ4v) is 4.04. The minimum Gasteiger partial charge on any atom is -0.323 e. The van der Waals surface area contributed by atoms with E-state index < -0.39 is 11.7 Å². The third-order valence-electron chi connectivity index (χ3n) is 3.74. The monoisotopic (exact) mass is 422 g/mol. The molecule has 1 aliphatic rings. The Labute approximate surface area is 169 Å². The van der Waals surface area contributed by atoms with Crippen LogP contribution in [-0.4, -0.2) is 49.8 Å². The van der Waals surface area contributed by atoms with Gasteiger partial charge in [0.15, 0.2) is 10.3 Å². The van der Waals surface area contributed by atoms with Crippen LogP contribution in [-0.2, 0) is 22.6 Å². The quantitative estimate of drug-likeness (QED) is 0.661. The van der Waals surface area contributed by atoms with Gasteiger partial charge in [-0.1, -0.05) is 35.7 Å². The van der Waals surface area contributed by atoms with E-state index in [1.807, 2.05) is 6.92 Å². The highest BCUT2D eigenvalue weighted by atomic mass is 32.2. The first-order chi connectivity index (χ1) is 13.6. The molecule has 2 aromatic rings. The molecule has 0 radical (unpaired) electrons. The number of aromatic nitrogens is 3. The van der Waals surface area contributed by atoms with Crippen LogP contribution in [0.4, 0.5) is 10.1 Å². The van der Waals surface area contributed by atoms with Crippen molar-refractivity contribution in [2.24, 2.45) is 4.99 Å². The van der Waals surface area contributed by atoms with Crippen LogP contribution >= 0.6 is 23.5 Å². The summed E-state index contributed by atoms with van der Waals surface area (Å²) < 4.78 is 15.4. The molecule has 0 spiro atoms. The molecule has 28 heavy (non-hydrogen) atoms. The fourth-order valence-electron chi connectivity index (χ4n) is 2.47. The van der Waals surface area contributed by atoms with Crippen molar-refractivity contribution >= 4 is 46.2 Å². The second-order valence-corrected chi connectivity index (χ2v) is 7.75. The Kier molecular flexibility index (Phi) is 7.04. The van der Waals surface area contributed by atoms with Crippen LogP contribution in [0.15, 0.2) is 34.4 Å². The molecule has 0 saturated carbocycles. The minimum absolute atomic E-state index is 0.0463. The Morgan fingerprint density at radius 3 is 2.79 bits per heavy atom. The molecule has 1 aliphatic heterocycles. The molecule has 1 aromatic carbocycles. The molecule has 2 N–H and O–H groups in total. The van der Waals surface area contributed by atoms with E-state index in [9.17, 15) is 14.0 Å². The number of amides is 2. The zero-order chi connectivity index (χ0) is 19.9. The number of hydrogen-bond acceptors (Lipinski definition) is 7. The number of carbonyl (C=O) groups excluding carboxylic acids is 2. The Hall–Kier alpha value is -2.40. The average Bonchev–Trinajstić information content (AvgIpc) is 3.31. The van der Waals surface area contributed by atoms with Crippen LogP contribution in [0.5, 0.6) is 0 Å². The number of para-hydroxylation sites is 1. The molecule has 148 valence electrons. The first kappa shape index (κ1) is 20.3. The zero-order valence-electron chi connectivity index (χ0n) is 15.1. The molecule has 0 fully saturated rings. The molecule has 0 saturated heterocycles. The van der Waals surface area contributed by atoms with E-state index in [2.05, 4.69) is 25.8 Å². The Morgan fingerprint density at radius 2 is 2.07 bits per heavy atom. The largest absolute Gasteiger partial charge is 0.323 e. The van der Waals surface area contributed by atoms with Gasteiger partial charge in [0.2, 0.25) is 11.8 Å². The fraction of sp³-hybridized carbons (Fsp3) is 0.353. The van der Waals surface area contributed by atoms with Crippen LogP contribution < -0.4 is 10.6 Å². The van der Waals surface area contributed by atoms with Gasteiger partial charge in [-0.3, -0.25) is 14.6 Å². The predicted octanol–water partition coefficient (Wildman–Crippen LogP) is 1.93. The highest BCUT2D eigenvalue weighted by molar-refractivity contribution is 8.14. The second-order valence-electron chi connectivity index (χ2n) is 5.72. The SMILES string of the molecule is CCn1c(CC(=O)Nc2ccccc2F)nnc1SCC(=O)NC1=NCCS1. The summed E-state index contributed by atoms with van der Waals surface area (Å²) in [6.07, 6.45) is -0.0463. The summed E-state index contributed by atoms with van der Waals surface area (Å²) in [6.45, 7) is 3.16. The summed E-state index contributed by atoms with van der Waals surface area (Å²) >= 11 is 2.76. The van der Waals surface area contributed by atoms with Gasteiger partial charge < -0.3 is 15.2 Å². The number of carbonyl (C=O) groups is 2. The molecule has 0 unspecified atom stereocenters. The van der Waals surface area contributed by atoms with Crippen LogP contribution in [0, 0.1) is 5.82 Å². The van der Waals surface area contributed by atoms with E-state index in [4.69, 9.17) is 0 Å². The smallest absolute Gasteiger partial charge is 0.236 e. The van der Waals surface area contributed by atoms with Crippen molar-refractivity contribution in [2.75, 3.05) is 23.4 Å². The Bertz CT molecular complexity index is 902. The maximum atomic E-state index is 13.7.